The second-order valence-corrected chi connectivity index (χ2v) is 7.51. The minimum absolute atomic E-state index is 0.0109. The number of methoxy groups -OCH3 is 1. The third kappa shape index (κ3) is 5.62. The Balaban J connectivity index is 1.75. The number of aryl methyl sites for hydroxylation is 1. The molecule has 0 spiro atoms. The van der Waals surface area contributed by atoms with Gasteiger partial charge >= 0.3 is 5.97 Å². The molecule has 2 N–H and O–H groups in total. The molecule has 9 heteroatoms. The number of aromatic nitrogens is 2. The second-order valence-electron chi connectivity index (χ2n) is 7.51. The van der Waals surface area contributed by atoms with Crippen molar-refractivity contribution in [2.24, 2.45) is 0 Å². The fourth-order valence-corrected chi connectivity index (χ4v) is 3.46. The van der Waals surface area contributed by atoms with Crippen LogP contribution < -0.4 is 10.6 Å². The number of nitrogens with one attached hydrogen (secondary N) is 2. The molecule has 0 atom stereocenters. The zero-order valence-corrected chi connectivity index (χ0v) is 18.9. The summed E-state index contributed by atoms with van der Waals surface area (Å²) in [5, 5.41) is 9.64. The second kappa shape index (κ2) is 10.1. The Morgan fingerprint density at radius 3 is 2.39 bits per heavy atom. The van der Waals surface area contributed by atoms with Crippen LogP contribution in [-0.2, 0) is 20.7 Å². The molecular weight excluding hydrogens is 427 g/mol. The van der Waals surface area contributed by atoms with Gasteiger partial charge in [-0.15, -0.1) is 0 Å². The predicted octanol–water partition coefficient (Wildman–Crippen LogP) is 3.94. The molecule has 0 fully saturated rings. The van der Waals surface area contributed by atoms with Gasteiger partial charge in [-0.05, 0) is 68.3 Å². The van der Waals surface area contributed by atoms with Crippen LogP contribution >= 0.6 is 0 Å². The van der Waals surface area contributed by atoms with Gasteiger partial charge in [0, 0.05) is 30.3 Å². The fourth-order valence-electron chi connectivity index (χ4n) is 3.46. The highest BCUT2D eigenvalue weighted by Crippen LogP contribution is 2.22. The first-order valence-corrected chi connectivity index (χ1v) is 10.3. The van der Waals surface area contributed by atoms with Crippen LogP contribution in [0.3, 0.4) is 0 Å². The van der Waals surface area contributed by atoms with Gasteiger partial charge in [0.2, 0.25) is 5.91 Å². The highest BCUT2D eigenvalue weighted by Gasteiger charge is 2.15. The molecule has 0 unspecified atom stereocenters. The Morgan fingerprint density at radius 2 is 1.76 bits per heavy atom. The van der Waals surface area contributed by atoms with E-state index in [1.165, 1.54) is 32.2 Å². The topological polar surface area (TPSA) is 102 Å². The van der Waals surface area contributed by atoms with E-state index in [1.807, 2.05) is 13.8 Å². The number of benzene rings is 2. The van der Waals surface area contributed by atoms with E-state index in [1.54, 1.807) is 28.9 Å². The van der Waals surface area contributed by atoms with Gasteiger partial charge in [-0.1, -0.05) is 0 Å². The van der Waals surface area contributed by atoms with Crippen molar-refractivity contribution in [3.8, 4) is 5.69 Å². The van der Waals surface area contributed by atoms with E-state index in [0.717, 1.165) is 22.6 Å². The van der Waals surface area contributed by atoms with Gasteiger partial charge in [-0.3, -0.25) is 14.4 Å². The molecule has 1 heterocycles. The lowest BCUT2D eigenvalue weighted by Crippen LogP contribution is -2.13. The lowest BCUT2D eigenvalue weighted by atomic mass is 10.1. The molecule has 3 rings (SSSR count). The minimum atomic E-state index is -0.594. The summed E-state index contributed by atoms with van der Waals surface area (Å²) in [6.07, 6.45) is 0.805. The molecular formula is C24H25FN4O4. The van der Waals surface area contributed by atoms with Crippen molar-refractivity contribution in [1.29, 1.82) is 0 Å². The average Bonchev–Trinajstić information content (AvgIpc) is 3.07. The first-order chi connectivity index (χ1) is 15.7. The largest absolute Gasteiger partial charge is 0.469 e. The van der Waals surface area contributed by atoms with Gasteiger partial charge in [0.25, 0.3) is 5.91 Å². The van der Waals surface area contributed by atoms with Crippen molar-refractivity contribution in [1.82, 2.24) is 9.78 Å². The number of ether oxygens (including phenoxy) is 1. The normalized spacial score (nSPS) is 10.6. The van der Waals surface area contributed by atoms with Crippen LogP contribution in [0.15, 0.2) is 42.5 Å². The smallest absolute Gasteiger partial charge is 0.305 e. The lowest BCUT2D eigenvalue weighted by Gasteiger charge is -2.10. The van der Waals surface area contributed by atoms with Crippen LogP contribution in [-0.4, -0.2) is 34.7 Å². The Morgan fingerprint density at radius 1 is 1.06 bits per heavy atom. The van der Waals surface area contributed by atoms with Crippen LogP contribution in [0.5, 0.6) is 0 Å². The summed E-state index contributed by atoms with van der Waals surface area (Å²) in [7, 11) is 1.36. The molecule has 1 aromatic heterocycles. The number of carbonyl (C=O) groups excluding carboxylic acids is 3. The predicted molar refractivity (Wildman–Crippen MR) is 122 cm³/mol. The highest BCUT2D eigenvalue weighted by molar-refractivity contribution is 6.04. The quantitative estimate of drug-likeness (QED) is 0.529. The zero-order valence-electron chi connectivity index (χ0n) is 18.9. The van der Waals surface area contributed by atoms with E-state index in [-0.39, 0.29) is 24.0 Å². The SMILES string of the molecule is COC(=O)CCc1c(C)nn(-c2ccc(C(=O)Nc3ccc(F)c(NC(C)=O)c3)cc2)c1C. The number of anilines is 2. The van der Waals surface area contributed by atoms with E-state index in [2.05, 4.69) is 15.7 Å². The molecule has 172 valence electrons. The van der Waals surface area contributed by atoms with E-state index >= 15 is 0 Å². The molecule has 33 heavy (non-hydrogen) atoms. The van der Waals surface area contributed by atoms with E-state index in [0.29, 0.717) is 17.7 Å². The van der Waals surface area contributed by atoms with Gasteiger partial charge in [0.05, 0.1) is 24.2 Å². The maximum atomic E-state index is 13.8. The van der Waals surface area contributed by atoms with Crippen LogP contribution in [0.2, 0.25) is 0 Å². The average molecular weight is 452 g/mol. The van der Waals surface area contributed by atoms with Gasteiger partial charge in [-0.25, -0.2) is 9.07 Å². The summed E-state index contributed by atoms with van der Waals surface area (Å²) in [6.45, 7) is 5.08. The number of esters is 1. The number of hydrogen-bond donors (Lipinski definition) is 2. The van der Waals surface area contributed by atoms with E-state index in [9.17, 15) is 18.8 Å². The van der Waals surface area contributed by atoms with Crippen molar-refractivity contribution in [3.05, 3.63) is 70.8 Å². The molecule has 0 aliphatic carbocycles. The van der Waals surface area contributed by atoms with Gasteiger partial charge in [0.15, 0.2) is 0 Å². The molecule has 0 bridgehead atoms. The Hall–Kier alpha value is -4.01. The van der Waals surface area contributed by atoms with Gasteiger partial charge in [0.1, 0.15) is 5.82 Å². The summed E-state index contributed by atoms with van der Waals surface area (Å²) < 4.78 is 20.3. The molecule has 3 aromatic rings. The molecule has 0 aliphatic heterocycles. The fraction of sp³-hybridized carbons (Fsp3) is 0.250. The standard InChI is InChI=1S/C24H25FN4O4/c1-14-20(10-12-23(31)33-4)15(2)29(28-14)19-8-5-17(6-9-19)24(32)27-18-7-11-21(25)22(13-18)26-16(3)30/h5-9,11,13H,10,12H2,1-4H3,(H,26,30)(H,27,32). The van der Waals surface area contributed by atoms with Crippen molar-refractivity contribution in [2.45, 2.75) is 33.6 Å². The summed E-state index contributed by atoms with van der Waals surface area (Å²) in [5.74, 6) is -1.66. The molecule has 0 saturated carbocycles. The van der Waals surface area contributed by atoms with Crippen molar-refractivity contribution >= 4 is 29.2 Å². The summed E-state index contributed by atoms with van der Waals surface area (Å²) >= 11 is 0. The van der Waals surface area contributed by atoms with E-state index in [4.69, 9.17) is 4.74 Å². The monoisotopic (exact) mass is 452 g/mol. The number of amides is 2. The van der Waals surface area contributed by atoms with Gasteiger partial charge < -0.3 is 15.4 Å². The van der Waals surface area contributed by atoms with Crippen LogP contribution in [0.1, 0.15) is 40.7 Å². The number of rotatable bonds is 7. The third-order valence-electron chi connectivity index (χ3n) is 5.16. The molecule has 2 aromatic carbocycles. The number of carbonyl (C=O) groups is 3. The molecule has 0 radical (unpaired) electrons. The molecule has 2 amide bonds. The van der Waals surface area contributed by atoms with Crippen LogP contribution in [0.25, 0.3) is 5.69 Å². The summed E-state index contributed by atoms with van der Waals surface area (Å²) in [6, 6.07) is 10.8. The van der Waals surface area contributed by atoms with Crippen molar-refractivity contribution in [2.75, 3.05) is 17.7 Å². The Bertz CT molecular complexity index is 1200. The summed E-state index contributed by atoms with van der Waals surface area (Å²) in [5.41, 5.74) is 4.22. The first-order valence-electron chi connectivity index (χ1n) is 10.3. The zero-order chi connectivity index (χ0) is 24.1. The van der Waals surface area contributed by atoms with Gasteiger partial charge in [-0.2, -0.15) is 5.10 Å². The maximum absolute atomic E-state index is 13.8. The Kier molecular flexibility index (Phi) is 7.22. The molecule has 0 saturated heterocycles. The Labute approximate surface area is 190 Å². The third-order valence-corrected chi connectivity index (χ3v) is 5.16. The number of nitrogens with zero attached hydrogens (tertiary/aromatic N) is 2. The first kappa shape index (κ1) is 23.6. The summed E-state index contributed by atoms with van der Waals surface area (Å²) in [4.78, 5) is 35.3. The van der Waals surface area contributed by atoms with Crippen LogP contribution in [0, 0.1) is 19.7 Å². The number of hydrogen-bond acceptors (Lipinski definition) is 5. The molecule has 0 aliphatic rings. The maximum Gasteiger partial charge on any atom is 0.305 e. The lowest BCUT2D eigenvalue weighted by molar-refractivity contribution is -0.140. The van der Waals surface area contributed by atoms with Crippen molar-refractivity contribution < 1.29 is 23.5 Å². The minimum Gasteiger partial charge on any atom is -0.469 e. The molecule has 8 nitrogen and oxygen atoms in total. The number of halogens is 1. The van der Waals surface area contributed by atoms with Crippen LogP contribution in [0.4, 0.5) is 15.8 Å². The highest BCUT2D eigenvalue weighted by atomic mass is 19.1. The van der Waals surface area contributed by atoms with E-state index < -0.39 is 11.7 Å². The van der Waals surface area contributed by atoms with Crippen molar-refractivity contribution in [3.63, 3.8) is 0 Å².